The highest BCUT2D eigenvalue weighted by molar-refractivity contribution is 5.81. The van der Waals surface area contributed by atoms with Crippen LogP contribution in [0.5, 0.6) is 0 Å². The number of rotatable bonds is 1. The van der Waals surface area contributed by atoms with E-state index in [4.69, 9.17) is 9.47 Å². The Morgan fingerprint density at radius 3 is 2.19 bits per heavy atom. The molecule has 2 amide bonds. The van der Waals surface area contributed by atoms with Gasteiger partial charge in [0.05, 0.1) is 20.1 Å². The Hall–Kier alpha value is -2.25. The lowest BCUT2D eigenvalue weighted by atomic mass is 9.88. The average Bonchev–Trinajstić information content (AvgIpc) is 2.81. The molecular weight excluding hydrogens is 280 g/mol. The molecule has 0 aromatic carbocycles. The molecule has 8 heteroatoms. The summed E-state index contributed by atoms with van der Waals surface area (Å²) in [7, 11) is 2.48. The Morgan fingerprint density at radius 2 is 1.67 bits per heavy atom. The summed E-state index contributed by atoms with van der Waals surface area (Å²) in [6.45, 7) is 3.70. The second kappa shape index (κ2) is 5.63. The van der Waals surface area contributed by atoms with Crippen molar-refractivity contribution >= 4 is 18.2 Å². The van der Waals surface area contributed by atoms with Crippen LogP contribution < -0.4 is 0 Å². The van der Waals surface area contributed by atoms with Crippen LogP contribution in [0.4, 0.5) is 9.59 Å². The van der Waals surface area contributed by atoms with Crippen LogP contribution in [0.1, 0.15) is 13.8 Å². The van der Waals surface area contributed by atoms with E-state index in [9.17, 15) is 14.4 Å². The lowest BCUT2D eigenvalue weighted by Crippen LogP contribution is -2.55. The summed E-state index contributed by atoms with van der Waals surface area (Å²) in [5, 5.41) is 0. The Kier molecular flexibility index (Phi) is 4.06. The fourth-order valence-electron chi connectivity index (χ4n) is 2.67. The highest BCUT2D eigenvalue weighted by Crippen LogP contribution is 2.37. The molecule has 0 aliphatic carbocycles. The Bertz CT molecular complexity index is 489. The first-order valence-electron chi connectivity index (χ1n) is 6.53. The van der Waals surface area contributed by atoms with Gasteiger partial charge < -0.3 is 14.2 Å². The Balaban J connectivity index is 2.42. The quantitative estimate of drug-likeness (QED) is 0.533. The zero-order valence-corrected chi connectivity index (χ0v) is 12.3. The maximum absolute atomic E-state index is 12.1. The molecule has 0 saturated carbocycles. The molecule has 0 radical (unpaired) electrons. The van der Waals surface area contributed by atoms with Crippen LogP contribution in [-0.2, 0) is 19.0 Å². The van der Waals surface area contributed by atoms with Gasteiger partial charge >= 0.3 is 18.2 Å². The number of carbonyl (C=O) groups is 3. The van der Waals surface area contributed by atoms with Gasteiger partial charge in [-0.05, 0) is 5.92 Å². The molecule has 3 atom stereocenters. The number of fused-ring (bicyclic) bond motifs is 1. The number of methoxy groups -OCH3 is 2. The van der Waals surface area contributed by atoms with Gasteiger partial charge in [-0.3, -0.25) is 9.69 Å². The molecule has 116 valence electrons. The fraction of sp³-hybridized carbons (Fsp3) is 0.615. The molecule has 2 aliphatic heterocycles. The molecular formula is C13H18N2O6. The van der Waals surface area contributed by atoms with Crippen LogP contribution in [0.2, 0.25) is 0 Å². The van der Waals surface area contributed by atoms with Crippen LogP contribution in [0.25, 0.3) is 0 Å². The molecule has 0 aromatic rings. The van der Waals surface area contributed by atoms with Crippen LogP contribution in [0, 0.1) is 11.8 Å². The molecule has 2 rings (SSSR count). The second-order valence-electron chi connectivity index (χ2n) is 5.14. The van der Waals surface area contributed by atoms with E-state index >= 15 is 0 Å². The smallest absolute Gasteiger partial charge is 0.416 e. The van der Waals surface area contributed by atoms with E-state index in [0.717, 1.165) is 4.90 Å². The van der Waals surface area contributed by atoms with Crippen molar-refractivity contribution in [3.63, 3.8) is 0 Å². The molecule has 0 N–H and O–H groups in total. The zero-order valence-electron chi connectivity index (χ0n) is 12.3. The number of ether oxygens (including phenoxy) is 3. The molecule has 1 saturated heterocycles. The first-order chi connectivity index (χ1) is 9.92. The standard InChI is InChI=1S/C13H18N2O6/c1-7(2)8-9-10(21-11(8)16)15(13(18)20-4)6-5-14(9)12(17)19-3/h5-10H,1-4H3/t8?,9-,10+/m0/s1. The highest BCUT2D eigenvalue weighted by atomic mass is 16.6. The van der Waals surface area contributed by atoms with Crippen LogP contribution >= 0.6 is 0 Å². The van der Waals surface area contributed by atoms with Crippen LogP contribution in [0.3, 0.4) is 0 Å². The number of carbonyl (C=O) groups excluding carboxylic acids is 3. The van der Waals surface area contributed by atoms with Gasteiger partial charge in [-0.15, -0.1) is 0 Å². The van der Waals surface area contributed by atoms with Gasteiger partial charge in [-0.2, -0.15) is 0 Å². The van der Waals surface area contributed by atoms with Crippen molar-refractivity contribution in [2.24, 2.45) is 11.8 Å². The lowest BCUT2D eigenvalue weighted by molar-refractivity contribution is -0.149. The van der Waals surface area contributed by atoms with Gasteiger partial charge in [0.1, 0.15) is 6.04 Å². The van der Waals surface area contributed by atoms with Gasteiger partial charge in [0.25, 0.3) is 0 Å². The summed E-state index contributed by atoms with van der Waals surface area (Å²) in [5.41, 5.74) is 0. The van der Waals surface area contributed by atoms with Crippen LogP contribution in [-0.4, -0.2) is 54.4 Å². The maximum Gasteiger partial charge on any atom is 0.416 e. The van der Waals surface area contributed by atoms with E-state index in [1.54, 1.807) is 0 Å². The monoisotopic (exact) mass is 298 g/mol. The summed E-state index contributed by atoms with van der Waals surface area (Å²) in [5.74, 6) is -1.07. The second-order valence-corrected chi connectivity index (χ2v) is 5.14. The summed E-state index contributed by atoms with van der Waals surface area (Å²) in [6.07, 6.45) is 0.528. The average molecular weight is 298 g/mol. The molecule has 1 unspecified atom stereocenters. The molecule has 21 heavy (non-hydrogen) atoms. The normalized spacial score (nSPS) is 27.5. The molecule has 8 nitrogen and oxygen atoms in total. The number of hydrogen-bond donors (Lipinski definition) is 0. The summed E-state index contributed by atoms with van der Waals surface area (Å²) >= 11 is 0. The predicted molar refractivity (Wildman–Crippen MR) is 69.6 cm³/mol. The summed E-state index contributed by atoms with van der Waals surface area (Å²) < 4.78 is 14.7. The number of amides is 2. The number of esters is 1. The van der Waals surface area contributed by atoms with Crippen molar-refractivity contribution < 1.29 is 28.6 Å². The zero-order chi connectivity index (χ0) is 15.7. The third kappa shape index (κ3) is 2.41. The molecule has 2 aliphatic rings. The van der Waals surface area contributed by atoms with Crippen molar-refractivity contribution in [2.45, 2.75) is 26.1 Å². The number of nitrogens with zero attached hydrogens (tertiary/aromatic N) is 2. The molecule has 0 spiro atoms. The maximum atomic E-state index is 12.1. The van der Waals surface area contributed by atoms with Crippen molar-refractivity contribution in [3.05, 3.63) is 12.4 Å². The van der Waals surface area contributed by atoms with Gasteiger partial charge in [-0.1, -0.05) is 13.8 Å². The number of hydrogen-bond acceptors (Lipinski definition) is 6. The topological polar surface area (TPSA) is 85.4 Å². The molecule has 2 heterocycles. The minimum Gasteiger partial charge on any atom is -0.452 e. The van der Waals surface area contributed by atoms with Gasteiger partial charge in [0.2, 0.25) is 6.23 Å². The largest absolute Gasteiger partial charge is 0.452 e. The van der Waals surface area contributed by atoms with Crippen molar-refractivity contribution in [3.8, 4) is 0 Å². The molecule has 0 bridgehead atoms. The van der Waals surface area contributed by atoms with Gasteiger partial charge in [0, 0.05) is 12.4 Å². The van der Waals surface area contributed by atoms with Crippen LogP contribution in [0.15, 0.2) is 12.4 Å². The predicted octanol–water partition coefficient (Wildman–Crippen LogP) is 1.13. The highest BCUT2D eigenvalue weighted by Gasteiger charge is 2.55. The van der Waals surface area contributed by atoms with Gasteiger partial charge in [0.15, 0.2) is 0 Å². The van der Waals surface area contributed by atoms with E-state index in [-0.39, 0.29) is 5.92 Å². The van der Waals surface area contributed by atoms with Crippen molar-refractivity contribution in [2.75, 3.05) is 14.2 Å². The third-order valence-electron chi connectivity index (χ3n) is 3.64. The van der Waals surface area contributed by atoms with Gasteiger partial charge in [-0.25, -0.2) is 14.5 Å². The molecule has 0 aromatic heterocycles. The minimum atomic E-state index is -0.915. The third-order valence-corrected chi connectivity index (χ3v) is 3.64. The Morgan fingerprint density at radius 1 is 1.14 bits per heavy atom. The summed E-state index contributed by atoms with van der Waals surface area (Å²) in [6, 6.07) is -0.644. The van der Waals surface area contributed by atoms with Crippen molar-refractivity contribution in [1.29, 1.82) is 0 Å². The first-order valence-corrected chi connectivity index (χ1v) is 6.53. The van der Waals surface area contributed by atoms with Crippen molar-refractivity contribution in [1.82, 2.24) is 9.80 Å². The lowest BCUT2D eigenvalue weighted by Gasteiger charge is -2.38. The fourth-order valence-corrected chi connectivity index (χ4v) is 2.67. The SMILES string of the molecule is COC(=O)N1C=CN(C(=O)OC)[C@H]2C(C(C)C)C(=O)O[C@H]21. The van der Waals surface area contributed by atoms with E-state index in [2.05, 4.69) is 4.74 Å². The van der Waals surface area contributed by atoms with E-state index in [0.29, 0.717) is 0 Å². The first kappa shape index (κ1) is 15.1. The van der Waals surface area contributed by atoms with E-state index < -0.39 is 36.3 Å². The Labute approximate surface area is 122 Å². The molecule has 1 fully saturated rings. The van der Waals surface area contributed by atoms with E-state index in [1.165, 1.54) is 31.5 Å². The minimum absolute atomic E-state index is 0.0642. The van der Waals surface area contributed by atoms with E-state index in [1.807, 2.05) is 13.8 Å². The summed E-state index contributed by atoms with van der Waals surface area (Å²) in [4.78, 5) is 38.2.